The molecule has 0 bridgehead atoms. The number of nitrogens with two attached hydrogens (primary N) is 1. The normalized spacial score (nSPS) is 14.0. The monoisotopic (exact) mass is 327 g/mol. The van der Waals surface area contributed by atoms with Gasteiger partial charge < -0.3 is 10.6 Å². The van der Waals surface area contributed by atoms with Gasteiger partial charge in [-0.3, -0.25) is 4.79 Å². The zero-order valence-corrected chi connectivity index (χ0v) is 14.3. The van der Waals surface area contributed by atoms with E-state index in [0.29, 0.717) is 5.56 Å². The van der Waals surface area contributed by atoms with E-state index in [9.17, 15) is 4.79 Å². The lowest BCUT2D eigenvalue weighted by atomic mass is 9.95. The van der Waals surface area contributed by atoms with Crippen molar-refractivity contribution in [2.24, 2.45) is 10.7 Å². The van der Waals surface area contributed by atoms with E-state index in [1.807, 2.05) is 32.4 Å². The van der Waals surface area contributed by atoms with Gasteiger partial charge in [0.25, 0.3) is 5.91 Å². The molecule has 1 aromatic heterocycles. The summed E-state index contributed by atoms with van der Waals surface area (Å²) in [6.07, 6.45) is 6.09. The number of primary amides is 1. The molecular weight excluding hydrogens is 306 g/mol. The van der Waals surface area contributed by atoms with Crippen LogP contribution in [0.15, 0.2) is 29.3 Å². The van der Waals surface area contributed by atoms with Gasteiger partial charge >= 0.3 is 0 Å². The van der Waals surface area contributed by atoms with Crippen LogP contribution in [0.4, 0.5) is 10.7 Å². The molecule has 4 nitrogen and oxygen atoms in total. The average Bonchev–Trinajstić information content (AvgIpc) is 2.91. The second-order valence-corrected chi connectivity index (χ2v) is 7.08. The largest absolute Gasteiger partial charge is 0.378 e. The fourth-order valence-corrected chi connectivity index (χ4v) is 4.13. The molecule has 1 aliphatic carbocycles. The van der Waals surface area contributed by atoms with Crippen LogP contribution in [-0.4, -0.2) is 26.2 Å². The Bertz CT molecular complexity index is 744. The molecule has 0 radical (unpaired) electrons. The Kier molecular flexibility index (Phi) is 4.48. The smallest absolute Gasteiger partial charge is 0.252 e. The van der Waals surface area contributed by atoms with E-state index in [1.54, 1.807) is 11.3 Å². The molecule has 2 aromatic rings. The van der Waals surface area contributed by atoms with E-state index >= 15 is 0 Å². The quantitative estimate of drug-likeness (QED) is 0.873. The van der Waals surface area contributed by atoms with Crippen molar-refractivity contribution in [3.63, 3.8) is 0 Å². The van der Waals surface area contributed by atoms with Crippen LogP contribution in [0.5, 0.6) is 0 Å². The lowest BCUT2D eigenvalue weighted by molar-refractivity contribution is 0.100. The molecule has 5 heteroatoms. The van der Waals surface area contributed by atoms with Gasteiger partial charge in [-0.1, -0.05) is 12.1 Å². The van der Waals surface area contributed by atoms with Crippen molar-refractivity contribution < 1.29 is 4.79 Å². The van der Waals surface area contributed by atoms with Gasteiger partial charge in [0, 0.05) is 30.9 Å². The summed E-state index contributed by atoms with van der Waals surface area (Å²) < 4.78 is 0. The van der Waals surface area contributed by atoms with Gasteiger partial charge in [-0.2, -0.15) is 0 Å². The van der Waals surface area contributed by atoms with Gasteiger partial charge in [-0.05, 0) is 48.9 Å². The van der Waals surface area contributed by atoms with Crippen molar-refractivity contribution >= 4 is 34.1 Å². The third kappa shape index (κ3) is 3.29. The number of carbonyl (C=O) groups is 1. The zero-order chi connectivity index (χ0) is 16.4. The number of anilines is 1. The molecule has 0 saturated heterocycles. The van der Waals surface area contributed by atoms with Crippen molar-refractivity contribution in [1.29, 1.82) is 0 Å². The molecule has 0 spiro atoms. The number of fused-ring (bicyclic) bond motifs is 1. The molecule has 1 aliphatic rings. The highest BCUT2D eigenvalue weighted by Crippen LogP contribution is 2.39. The first-order chi connectivity index (χ1) is 11.1. The Hall–Kier alpha value is -2.14. The van der Waals surface area contributed by atoms with Crippen LogP contribution in [0.3, 0.4) is 0 Å². The van der Waals surface area contributed by atoms with E-state index in [2.05, 4.69) is 22.0 Å². The number of hydrogen-bond donors (Lipinski definition) is 1. The van der Waals surface area contributed by atoms with Crippen molar-refractivity contribution in [2.75, 3.05) is 19.0 Å². The predicted octanol–water partition coefficient (Wildman–Crippen LogP) is 3.54. The highest BCUT2D eigenvalue weighted by atomic mass is 32.1. The summed E-state index contributed by atoms with van der Waals surface area (Å²) in [4.78, 5) is 19.7. The van der Waals surface area contributed by atoms with E-state index < -0.39 is 0 Å². The molecular formula is C18H21N3OS. The fraction of sp³-hybridized carbons (Fsp3) is 0.333. The average molecular weight is 327 g/mol. The number of aryl methyl sites for hydroxylation is 1. The third-order valence-electron chi connectivity index (χ3n) is 4.14. The van der Waals surface area contributed by atoms with Crippen LogP contribution in [0.1, 0.15) is 39.2 Å². The van der Waals surface area contributed by atoms with Crippen LogP contribution in [0.25, 0.3) is 0 Å². The molecule has 0 saturated carbocycles. The number of amides is 1. The van der Waals surface area contributed by atoms with Gasteiger partial charge in [0.2, 0.25) is 0 Å². The highest BCUT2D eigenvalue weighted by Gasteiger charge is 2.23. The Labute approximate surface area is 140 Å². The Balaban J connectivity index is 1.90. The summed E-state index contributed by atoms with van der Waals surface area (Å²) in [6.45, 7) is 0. The van der Waals surface area contributed by atoms with Crippen molar-refractivity contribution in [3.05, 3.63) is 45.8 Å². The summed E-state index contributed by atoms with van der Waals surface area (Å²) in [6, 6.07) is 8.15. The van der Waals surface area contributed by atoms with Crippen LogP contribution >= 0.6 is 11.3 Å². The molecule has 2 N–H and O–H groups in total. The first-order valence-corrected chi connectivity index (χ1v) is 8.63. The minimum absolute atomic E-state index is 0.362. The van der Waals surface area contributed by atoms with E-state index in [1.165, 1.54) is 11.3 Å². The third-order valence-corrected chi connectivity index (χ3v) is 5.34. The number of rotatable bonds is 4. The molecule has 0 aliphatic heterocycles. The van der Waals surface area contributed by atoms with Crippen LogP contribution in [0, 0.1) is 0 Å². The maximum Gasteiger partial charge on any atom is 0.252 e. The summed E-state index contributed by atoms with van der Waals surface area (Å²) in [5.74, 6) is -0.362. The SMILES string of the molecule is CN(C)c1ccc(C=Nc2sc3c(c2C(N)=O)CCCC3)cc1. The minimum Gasteiger partial charge on any atom is -0.378 e. The number of aliphatic imine (C=N–C) groups is 1. The fourth-order valence-electron chi connectivity index (χ4n) is 2.89. The van der Waals surface area contributed by atoms with Gasteiger partial charge in [-0.15, -0.1) is 11.3 Å². The Morgan fingerprint density at radius 3 is 2.57 bits per heavy atom. The first kappa shape index (κ1) is 15.7. The number of nitrogens with zero attached hydrogens (tertiary/aromatic N) is 2. The summed E-state index contributed by atoms with van der Waals surface area (Å²) in [5.41, 5.74) is 9.51. The molecule has 1 heterocycles. The topological polar surface area (TPSA) is 58.7 Å². The molecule has 0 fully saturated rings. The van der Waals surface area contributed by atoms with Gasteiger partial charge in [0.05, 0.1) is 5.56 Å². The molecule has 120 valence electrons. The van der Waals surface area contributed by atoms with Crippen LogP contribution < -0.4 is 10.6 Å². The van der Waals surface area contributed by atoms with E-state index in [0.717, 1.165) is 41.1 Å². The predicted molar refractivity (Wildman–Crippen MR) is 97.5 cm³/mol. The lowest BCUT2D eigenvalue weighted by Crippen LogP contribution is -2.14. The van der Waals surface area contributed by atoms with Gasteiger partial charge in [0.1, 0.15) is 5.00 Å². The van der Waals surface area contributed by atoms with Crippen molar-refractivity contribution in [2.45, 2.75) is 25.7 Å². The second-order valence-electron chi connectivity index (χ2n) is 6.00. The molecule has 3 rings (SSSR count). The van der Waals surface area contributed by atoms with Crippen LogP contribution in [0.2, 0.25) is 0 Å². The molecule has 1 amide bonds. The maximum absolute atomic E-state index is 11.8. The molecule has 0 atom stereocenters. The van der Waals surface area contributed by atoms with Gasteiger partial charge in [0.15, 0.2) is 0 Å². The number of carbonyl (C=O) groups excluding carboxylic acids is 1. The summed E-state index contributed by atoms with van der Waals surface area (Å²) in [7, 11) is 4.02. The molecule has 1 aromatic carbocycles. The standard InChI is InChI=1S/C18H21N3OS/c1-21(2)13-9-7-12(8-10-13)11-20-18-16(17(19)22)14-5-3-4-6-15(14)23-18/h7-11H,3-6H2,1-2H3,(H2,19,22). The molecule has 23 heavy (non-hydrogen) atoms. The van der Waals surface area contributed by atoms with Gasteiger partial charge in [-0.25, -0.2) is 4.99 Å². The number of thiophene rings is 1. The number of benzene rings is 1. The van der Waals surface area contributed by atoms with E-state index in [-0.39, 0.29) is 5.91 Å². The van der Waals surface area contributed by atoms with Crippen LogP contribution in [-0.2, 0) is 12.8 Å². The summed E-state index contributed by atoms with van der Waals surface area (Å²) >= 11 is 1.61. The number of hydrogen-bond acceptors (Lipinski definition) is 4. The lowest BCUT2D eigenvalue weighted by Gasteiger charge is -2.11. The van der Waals surface area contributed by atoms with E-state index in [4.69, 9.17) is 5.73 Å². The zero-order valence-electron chi connectivity index (χ0n) is 13.5. The Morgan fingerprint density at radius 1 is 1.22 bits per heavy atom. The second kappa shape index (κ2) is 6.54. The van der Waals surface area contributed by atoms with Crippen molar-refractivity contribution in [3.8, 4) is 0 Å². The van der Waals surface area contributed by atoms with Crippen molar-refractivity contribution in [1.82, 2.24) is 0 Å². The Morgan fingerprint density at radius 2 is 1.91 bits per heavy atom. The minimum atomic E-state index is -0.362. The molecule has 0 unspecified atom stereocenters. The maximum atomic E-state index is 11.8. The summed E-state index contributed by atoms with van der Waals surface area (Å²) in [5, 5.41) is 0.751. The first-order valence-electron chi connectivity index (χ1n) is 7.82. The highest BCUT2D eigenvalue weighted by molar-refractivity contribution is 7.16.